The highest BCUT2D eigenvalue weighted by Crippen LogP contribution is 2.55. The summed E-state index contributed by atoms with van der Waals surface area (Å²) in [7, 11) is -3.55. The summed E-state index contributed by atoms with van der Waals surface area (Å²) in [5.41, 5.74) is 4.79. The Morgan fingerprint density at radius 2 is 2.10 bits per heavy atom. The van der Waals surface area contributed by atoms with E-state index in [2.05, 4.69) is 0 Å². The summed E-state index contributed by atoms with van der Waals surface area (Å²) in [5, 5.41) is -1.07. The lowest BCUT2D eigenvalue weighted by Gasteiger charge is -2.10. The molecule has 1 fully saturated rings. The van der Waals surface area contributed by atoms with Gasteiger partial charge in [0.15, 0.2) is 9.84 Å². The molecule has 1 aromatic carbocycles. The molecule has 116 valence electrons. The number of esters is 1. The fourth-order valence-corrected chi connectivity index (χ4v) is 4.62. The fourth-order valence-electron chi connectivity index (χ4n) is 2.71. The minimum atomic E-state index is -3.55. The lowest BCUT2D eigenvalue weighted by Crippen LogP contribution is -2.41. The normalized spacial score (nSPS) is 28.2. The quantitative estimate of drug-likeness (QED) is 0.819. The van der Waals surface area contributed by atoms with Crippen molar-refractivity contribution >= 4 is 15.8 Å². The Labute approximate surface area is 123 Å². The van der Waals surface area contributed by atoms with Gasteiger partial charge in [-0.3, -0.25) is 0 Å². The maximum Gasteiger partial charge on any atom is 0.328 e. The van der Waals surface area contributed by atoms with Gasteiger partial charge >= 0.3 is 5.97 Å². The monoisotopic (exact) mass is 315 g/mol. The highest BCUT2D eigenvalue weighted by Gasteiger charge is 2.74. The van der Waals surface area contributed by atoms with Crippen molar-refractivity contribution < 1.29 is 22.3 Å². The van der Waals surface area contributed by atoms with E-state index in [4.69, 9.17) is 10.5 Å². The van der Waals surface area contributed by atoms with E-state index in [0.717, 1.165) is 0 Å². The first-order valence-corrected chi connectivity index (χ1v) is 8.43. The van der Waals surface area contributed by atoms with Gasteiger partial charge in [0.2, 0.25) is 0 Å². The Balaban J connectivity index is 2.45. The van der Waals surface area contributed by atoms with Crippen LogP contribution in [0.15, 0.2) is 24.3 Å². The number of halogens is 1. The third-order valence-electron chi connectivity index (χ3n) is 3.81. The number of rotatable bonds is 5. The number of sulfone groups is 1. The van der Waals surface area contributed by atoms with Crippen molar-refractivity contribution in [2.75, 3.05) is 12.4 Å². The Bertz CT molecular complexity index is 661. The van der Waals surface area contributed by atoms with Crippen LogP contribution in [0.3, 0.4) is 0 Å². The molecule has 0 radical (unpaired) electrons. The first-order valence-electron chi connectivity index (χ1n) is 6.72. The Kier molecular flexibility index (Phi) is 4.08. The van der Waals surface area contributed by atoms with E-state index < -0.39 is 38.3 Å². The van der Waals surface area contributed by atoms with Gasteiger partial charge in [-0.15, -0.1) is 0 Å². The molecule has 7 heteroatoms. The third kappa shape index (κ3) is 2.55. The SMILES string of the molecule is CCOC(=O)[C@@]1(N)[C@H](c2cccc(F)c2)[C@@H]1S(=O)(=O)CC. The van der Waals surface area contributed by atoms with E-state index in [1.807, 2.05) is 0 Å². The number of nitrogens with two attached hydrogens (primary N) is 1. The van der Waals surface area contributed by atoms with E-state index in [9.17, 15) is 17.6 Å². The van der Waals surface area contributed by atoms with Gasteiger partial charge in [-0.2, -0.15) is 0 Å². The molecular formula is C14H18FNO4S. The average Bonchev–Trinajstić information content (AvgIpc) is 3.08. The van der Waals surface area contributed by atoms with Crippen LogP contribution in [0.25, 0.3) is 0 Å². The summed E-state index contributed by atoms with van der Waals surface area (Å²) >= 11 is 0. The van der Waals surface area contributed by atoms with Crippen LogP contribution in [-0.4, -0.2) is 37.5 Å². The number of carbonyl (C=O) groups excluding carboxylic acids is 1. The zero-order chi connectivity index (χ0) is 15.8. The van der Waals surface area contributed by atoms with Crippen molar-refractivity contribution in [3.63, 3.8) is 0 Å². The molecule has 0 aliphatic heterocycles. The van der Waals surface area contributed by atoms with Crippen molar-refractivity contribution in [3.05, 3.63) is 35.6 Å². The predicted octanol–water partition coefficient (Wildman–Crippen LogP) is 0.987. The highest BCUT2D eigenvalue weighted by atomic mass is 32.2. The molecule has 0 bridgehead atoms. The van der Waals surface area contributed by atoms with Crippen LogP contribution >= 0.6 is 0 Å². The molecule has 2 N–H and O–H groups in total. The summed E-state index contributed by atoms with van der Waals surface area (Å²) in [6.45, 7) is 3.21. The number of hydrogen-bond donors (Lipinski definition) is 1. The van der Waals surface area contributed by atoms with Crippen LogP contribution in [0.1, 0.15) is 25.3 Å². The summed E-state index contributed by atoms with van der Waals surface area (Å²) in [4.78, 5) is 12.1. The van der Waals surface area contributed by atoms with E-state index in [1.54, 1.807) is 13.0 Å². The largest absolute Gasteiger partial charge is 0.465 e. The second kappa shape index (κ2) is 5.38. The van der Waals surface area contributed by atoms with Crippen molar-refractivity contribution in [1.82, 2.24) is 0 Å². The maximum atomic E-state index is 13.4. The van der Waals surface area contributed by atoms with Crippen molar-refractivity contribution in [2.24, 2.45) is 5.73 Å². The topological polar surface area (TPSA) is 86.5 Å². The second-order valence-electron chi connectivity index (χ2n) is 5.06. The predicted molar refractivity (Wildman–Crippen MR) is 75.9 cm³/mol. The minimum absolute atomic E-state index is 0.104. The molecule has 0 saturated heterocycles. The van der Waals surface area contributed by atoms with Gasteiger partial charge in [0.1, 0.15) is 11.4 Å². The van der Waals surface area contributed by atoms with Gasteiger partial charge in [0, 0.05) is 11.7 Å². The van der Waals surface area contributed by atoms with E-state index in [-0.39, 0.29) is 12.4 Å². The fraction of sp³-hybridized carbons (Fsp3) is 0.500. The van der Waals surface area contributed by atoms with Crippen LogP contribution in [0.4, 0.5) is 4.39 Å². The number of carbonyl (C=O) groups is 1. The molecule has 1 aliphatic rings. The molecule has 1 aromatic rings. The van der Waals surface area contributed by atoms with Gasteiger partial charge in [-0.25, -0.2) is 17.6 Å². The molecule has 0 heterocycles. The molecule has 1 saturated carbocycles. The molecule has 0 aromatic heterocycles. The smallest absolute Gasteiger partial charge is 0.328 e. The minimum Gasteiger partial charge on any atom is -0.465 e. The molecule has 21 heavy (non-hydrogen) atoms. The second-order valence-corrected chi connectivity index (χ2v) is 7.47. The van der Waals surface area contributed by atoms with Gasteiger partial charge in [0.25, 0.3) is 0 Å². The first-order chi connectivity index (χ1) is 9.79. The summed E-state index contributed by atoms with van der Waals surface area (Å²) in [6, 6.07) is 5.48. The average molecular weight is 315 g/mol. The molecule has 3 atom stereocenters. The molecule has 0 spiro atoms. The van der Waals surface area contributed by atoms with Crippen molar-refractivity contribution in [1.29, 1.82) is 0 Å². The van der Waals surface area contributed by atoms with Gasteiger partial charge in [-0.05, 0) is 24.6 Å². The summed E-state index contributed by atoms with van der Waals surface area (Å²) in [5.74, 6) is -2.18. The molecule has 2 rings (SSSR count). The molecule has 5 nitrogen and oxygen atoms in total. The number of hydrogen-bond acceptors (Lipinski definition) is 5. The van der Waals surface area contributed by atoms with E-state index in [1.165, 1.54) is 25.1 Å². The van der Waals surface area contributed by atoms with Gasteiger partial charge in [0.05, 0.1) is 11.9 Å². The summed E-state index contributed by atoms with van der Waals surface area (Å²) < 4.78 is 42.6. The van der Waals surface area contributed by atoms with Crippen LogP contribution in [-0.2, 0) is 19.4 Å². The van der Waals surface area contributed by atoms with Crippen molar-refractivity contribution in [3.8, 4) is 0 Å². The van der Waals surface area contributed by atoms with Crippen LogP contribution < -0.4 is 5.73 Å². The van der Waals surface area contributed by atoms with Crippen molar-refractivity contribution in [2.45, 2.75) is 30.6 Å². The number of benzene rings is 1. The Morgan fingerprint density at radius 1 is 1.43 bits per heavy atom. The van der Waals surface area contributed by atoms with E-state index >= 15 is 0 Å². The lowest BCUT2D eigenvalue weighted by molar-refractivity contribution is -0.145. The molecule has 1 aliphatic carbocycles. The van der Waals surface area contributed by atoms with Crippen LogP contribution in [0.5, 0.6) is 0 Å². The highest BCUT2D eigenvalue weighted by molar-refractivity contribution is 7.92. The number of ether oxygens (including phenoxy) is 1. The Morgan fingerprint density at radius 3 is 2.62 bits per heavy atom. The lowest BCUT2D eigenvalue weighted by atomic mass is 10.1. The standard InChI is InChI=1S/C14H18FNO4S/c1-3-20-13(17)14(16)11(12(14)21(18,19)4-2)9-6-5-7-10(15)8-9/h5-8,11-12H,3-4,16H2,1-2H3/t11-,12+,14-/m1/s1. The molecule has 0 amide bonds. The first kappa shape index (κ1) is 15.9. The maximum absolute atomic E-state index is 13.4. The van der Waals surface area contributed by atoms with E-state index in [0.29, 0.717) is 5.56 Å². The van der Waals surface area contributed by atoms with Gasteiger partial charge < -0.3 is 10.5 Å². The third-order valence-corrected chi connectivity index (χ3v) is 6.05. The van der Waals surface area contributed by atoms with Crippen LogP contribution in [0.2, 0.25) is 0 Å². The van der Waals surface area contributed by atoms with Crippen LogP contribution in [0, 0.1) is 5.82 Å². The molecule has 0 unspecified atom stereocenters. The molecular weight excluding hydrogens is 297 g/mol. The summed E-state index contributed by atoms with van der Waals surface area (Å²) in [6.07, 6.45) is 0. The Hall–Kier alpha value is -1.47. The zero-order valence-corrected chi connectivity index (χ0v) is 12.7. The van der Waals surface area contributed by atoms with Gasteiger partial charge in [-0.1, -0.05) is 19.1 Å². The zero-order valence-electron chi connectivity index (χ0n) is 11.9.